The van der Waals surface area contributed by atoms with E-state index in [1.165, 1.54) is 6.20 Å². The monoisotopic (exact) mass is 379 g/mol. The highest BCUT2D eigenvalue weighted by Crippen LogP contribution is 2.38. The van der Waals surface area contributed by atoms with E-state index in [0.29, 0.717) is 43.1 Å². The van der Waals surface area contributed by atoms with Crippen LogP contribution in [0.3, 0.4) is 0 Å². The first-order valence-electron chi connectivity index (χ1n) is 8.68. The van der Waals surface area contributed by atoms with Crippen LogP contribution in [0, 0.1) is 5.82 Å². The molecule has 2 aromatic rings. The van der Waals surface area contributed by atoms with Crippen molar-refractivity contribution in [3.8, 4) is 11.1 Å². The van der Waals surface area contributed by atoms with Crippen LogP contribution in [-0.2, 0) is 11.0 Å². The van der Waals surface area contributed by atoms with Gasteiger partial charge < -0.3 is 5.32 Å². The Labute approximate surface area is 153 Å². The molecule has 1 aromatic carbocycles. The van der Waals surface area contributed by atoms with Crippen molar-refractivity contribution in [3.63, 3.8) is 0 Å². The van der Waals surface area contributed by atoms with Crippen molar-refractivity contribution in [2.24, 2.45) is 0 Å². The van der Waals surface area contributed by atoms with Gasteiger partial charge in [0.15, 0.2) is 0 Å². The second-order valence-corrected chi connectivity index (χ2v) is 6.99. The number of rotatable bonds is 2. The zero-order valence-electron chi connectivity index (χ0n) is 14.2. The van der Waals surface area contributed by atoms with Gasteiger partial charge in [0.25, 0.3) is 0 Å². The summed E-state index contributed by atoms with van der Waals surface area (Å²) in [5.74, 6) is -0.956. The third kappa shape index (κ3) is 3.18. The molecule has 2 N–H and O–H groups in total. The molecule has 4 nitrogen and oxygen atoms in total. The topological polar surface area (TPSA) is 54.0 Å². The molecule has 0 aliphatic carbocycles. The van der Waals surface area contributed by atoms with Gasteiger partial charge in [-0.25, -0.2) is 4.39 Å². The third-order valence-corrected chi connectivity index (χ3v) is 5.33. The van der Waals surface area contributed by atoms with Crippen LogP contribution < -0.4 is 10.6 Å². The Morgan fingerprint density at radius 2 is 1.96 bits per heavy atom. The van der Waals surface area contributed by atoms with E-state index in [-0.39, 0.29) is 17.5 Å². The number of benzene rings is 1. The normalized spacial score (nSPS) is 25.2. The molecule has 2 atom stereocenters. The minimum atomic E-state index is -4.59. The highest BCUT2D eigenvalue weighted by atomic mass is 19.4. The van der Waals surface area contributed by atoms with Crippen LogP contribution in [0.25, 0.3) is 11.1 Å². The number of hydrogen-bond donors (Lipinski definition) is 2. The Balaban J connectivity index is 1.61. The molecule has 0 bridgehead atoms. The van der Waals surface area contributed by atoms with Gasteiger partial charge in [-0.2, -0.15) is 13.2 Å². The smallest absolute Gasteiger partial charge is 0.354 e. The van der Waals surface area contributed by atoms with E-state index in [2.05, 4.69) is 15.6 Å². The Bertz CT molecular complexity index is 899. The maximum atomic E-state index is 14.3. The Morgan fingerprint density at radius 1 is 1.15 bits per heavy atom. The molecule has 1 aromatic heterocycles. The predicted octanol–water partition coefficient (Wildman–Crippen LogP) is 3.59. The number of aromatic nitrogens is 1. The molecule has 1 spiro atoms. The first-order chi connectivity index (χ1) is 12.8. The van der Waals surface area contributed by atoms with Crippen LogP contribution in [0.15, 0.2) is 36.5 Å². The van der Waals surface area contributed by atoms with E-state index in [9.17, 15) is 22.4 Å². The van der Waals surface area contributed by atoms with Gasteiger partial charge in [-0.1, -0.05) is 6.07 Å². The van der Waals surface area contributed by atoms with Gasteiger partial charge >= 0.3 is 6.18 Å². The number of hydrogen-bond acceptors (Lipinski definition) is 3. The van der Waals surface area contributed by atoms with Crippen molar-refractivity contribution in [2.45, 2.75) is 37.0 Å². The fourth-order valence-electron chi connectivity index (χ4n) is 3.87. The molecule has 0 saturated carbocycles. The van der Waals surface area contributed by atoms with Crippen LogP contribution in [-0.4, -0.2) is 23.0 Å². The fraction of sp³-hybridized carbons (Fsp3) is 0.368. The van der Waals surface area contributed by atoms with E-state index in [1.54, 1.807) is 12.1 Å². The largest absolute Gasteiger partial charge is 0.416 e. The van der Waals surface area contributed by atoms with Crippen LogP contribution in [0.2, 0.25) is 0 Å². The van der Waals surface area contributed by atoms with Crippen molar-refractivity contribution in [2.75, 3.05) is 6.54 Å². The lowest BCUT2D eigenvalue weighted by atomic mass is 9.96. The molecule has 2 saturated heterocycles. The van der Waals surface area contributed by atoms with Crippen LogP contribution in [0.5, 0.6) is 0 Å². The van der Waals surface area contributed by atoms with Gasteiger partial charge in [-0.05, 0) is 49.1 Å². The summed E-state index contributed by atoms with van der Waals surface area (Å²) >= 11 is 0. The molecule has 2 aliphatic heterocycles. The standard InChI is InChI=1S/C19H17F4N3O/c20-14-10-12(19(21,22)23)1-2-13(14)11-4-7-24-16(9-11)15-3-5-18(26-15)6-8-25-17(18)27/h1-2,4,7,9-10,15,26H,3,5-6,8H2,(H,25,27)/t15-,18+/m1/s1. The molecule has 0 radical (unpaired) electrons. The highest BCUT2D eigenvalue weighted by Gasteiger charge is 2.48. The zero-order valence-corrected chi connectivity index (χ0v) is 14.2. The number of carbonyl (C=O) groups excluding carboxylic acids is 1. The SMILES string of the molecule is O=C1NCC[C@@]12CC[C@H](c1cc(-c3ccc(C(F)(F)F)cc3F)ccn1)N2. The molecular formula is C19H17F4N3O. The number of halogens is 4. The highest BCUT2D eigenvalue weighted by molar-refractivity contribution is 5.88. The summed E-state index contributed by atoms with van der Waals surface area (Å²) < 4.78 is 52.5. The average molecular weight is 379 g/mol. The maximum absolute atomic E-state index is 14.3. The summed E-state index contributed by atoms with van der Waals surface area (Å²) in [5, 5.41) is 6.16. The summed E-state index contributed by atoms with van der Waals surface area (Å²) in [4.78, 5) is 16.4. The summed E-state index contributed by atoms with van der Waals surface area (Å²) in [6, 6.07) is 5.56. The second-order valence-electron chi connectivity index (χ2n) is 6.99. The van der Waals surface area contributed by atoms with E-state index in [0.717, 1.165) is 12.1 Å². The number of alkyl halides is 3. The van der Waals surface area contributed by atoms with Crippen LogP contribution in [0.1, 0.15) is 36.6 Å². The Hall–Kier alpha value is -2.48. The molecule has 0 unspecified atom stereocenters. The Kier molecular flexibility index (Phi) is 4.18. The number of pyridine rings is 1. The maximum Gasteiger partial charge on any atom is 0.416 e. The van der Waals surface area contributed by atoms with Crippen molar-refractivity contribution >= 4 is 5.91 Å². The lowest BCUT2D eigenvalue weighted by Gasteiger charge is -2.21. The van der Waals surface area contributed by atoms with Crippen molar-refractivity contribution in [1.29, 1.82) is 0 Å². The van der Waals surface area contributed by atoms with Gasteiger partial charge in [0.05, 0.1) is 17.3 Å². The Morgan fingerprint density at radius 3 is 2.63 bits per heavy atom. The minimum absolute atomic E-state index is 0.0186. The first kappa shape index (κ1) is 17.9. The van der Waals surface area contributed by atoms with Crippen LogP contribution >= 0.6 is 0 Å². The molecule has 4 rings (SSSR count). The summed E-state index contributed by atoms with van der Waals surface area (Å²) in [6.07, 6.45) is -0.991. The van der Waals surface area contributed by atoms with E-state index in [4.69, 9.17) is 0 Å². The third-order valence-electron chi connectivity index (χ3n) is 5.33. The molecule has 8 heteroatoms. The second kappa shape index (κ2) is 6.30. The molecule has 2 fully saturated rings. The average Bonchev–Trinajstić information content (AvgIpc) is 3.22. The fourth-order valence-corrected chi connectivity index (χ4v) is 3.87. The molecular weight excluding hydrogens is 362 g/mol. The molecule has 142 valence electrons. The number of carbonyl (C=O) groups is 1. The van der Waals surface area contributed by atoms with E-state index in [1.807, 2.05) is 0 Å². The van der Waals surface area contributed by atoms with Gasteiger partial charge in [0.2, 0.25) is 5.91 Å². The lowest BCUT2D eigenvalue weighted by molar-refractivity contribution is -0.137. The zero-order chi connectivity index (χ0) is 19.2. The van der Waals surface area contributed by atoms with E-state index >= 15 is 0 Å². The van der Waals surface area contributed by atoms with Gasteiger partial charge in [-0.15, -0.1) is 0 Å². The van der Waals surface area contributed by atoms with Gasteiger partial charge in [0, 0.05) is 18.3 Å². The van der Waals surface area contributed by atoms with Crippen molar-refractivity contribution in [3.05, 3.63) is 53.6 Å². The van der Waals surface area contributed by atoms with Crippen LogP contribution in [0.4, 0.5) is 17.6 Å². The summed E-state index contributed by atoms with van der Waals surface area (Å²) in [7, 11) is 0. The van der Waals surface area contributed by atoms with Gasteiger partial charge in [0.1, 0.15) is 11.4 Å². The van der Waals surface area contributed by atoms with Gasteiger partial charge in [-0.3, -0.25) is 15.1 Å². The molecule has 3 heterocycles. The summed E-state index contributed by atoms with van der Waals surface area (Å²) in [5.41, 5.74) is -0.432. The quantitative estimate of drug-likeness (QED) is 0.785. The minimum Gasteiger partial charge on any atom is -0.354 e. The van der Waals surface area contributed by atoms with E-state index < -0.39 is 23.1 Å². The first-order valence-corrected chi connectivity index (χ1v) is 8.68. The number of nitrogens with zero attached hydrogens (tertiary/aromatic N) is 1. The number of nitrogens with one attached hydrogen (secondary N) is 2. The number of amides is 1. The van der Waals surface area contributed by atoms with Crippen molar-refractivity contribution in [1.82, 2.24) is 15.6 Å². The summed E-state index contributed by atoms with van der Waals surface area (Å²) in [6.45, 7) is 0.628. The lowest BCUT2D eigenvalue weighted by Crippen LogP contribution is -2.47. The molecule has 27 heavy (non-hydrogen) atoms. The molecule has 2 aliphatic rings. The molecule has 1 amide bonds. The van der Waals surface area contributed by atoms with Crippen molar-refractivity contribution < 1.29 is 22.4 Å². The predicted molar refractivity (Wildman–Crippen MR) is 90.1 cm³/mol.